The van der Waals surface area contributed by atoms with Gasteiger partial charge in [0, 0.05) is 6.42 Å². The van der Waals surface area contributed by atoms with Crippen LogP contribution in [0.3, 0.4) is 0 Å². The highest BCUT2D eigenvalue weighted by Crippen LogP contribution is 2.70. The van der Waals surface area contributed by atoms with Crippen molar-refractivity contribution < 1.29 is 28.6 Å². The summed E-state index contributed by atoms with van der Waals surface area (Å²) in [5.41, 5.74) is 1.54. The van der Waals surface area contributed by atoms with E-state index in [0.29, 0.717) is 36.5 Å². The maximum Gasteiger partial charge on any atom is 0.320 e. The van der Waals surface area contributed by atoms with Gasteiger partial charge in [0.25, 0.3) is 0 Å². The molecule has 0 bridgehead atoms. The normalized spacial score (nSPS) is 44.1. The second kappa shape index (κ2) is 7.93. The lowest BCUT2D eigenvalue weighted by molar-refractivity contribution is -0.160. The topological polar surface area (TPSA) is 82.2 Å². The van der Waals surface area contributed by atoms with Crippen LogP contribution in [0, 0.1) is 46.3 Å². The fourth-order valence-corrected chi connectivity index (χ4v) is 8.89. The zero-order valence-corrected chi connectivity index (χ0v) is 20.6. The highest BCUT2D eigenvalue weighted by Gasteiger charge is 2.69. The van der Waals surface area contributed by atoms with Gasteiger partial charge in [0.2, 0.25) is 0 Å². The summed E-state index contributed by atoms with van der Waals surface area (Å²) in [6.45, 7) is 7.02. The lowest BCUT2D eigenvalue weighted by atomic mass is 9.46. The molecule has 4 aliphatic carbocycles. The molecule has 5 rings (SSSR count). The number of carbonyl (C=O) groups excluding carboxylic acids is 3. The second-order valence-electron chi connectivity index (χ2n) is 11.8. The van der Waals surface area contributed by atoms with Gasteiger partial charge in [-0.05, 0) is 90.6 Å². The molecule has 0 aromatic carbocycles. The lowest BCUT2D eigenvalue weighted by Gasteiger charge is -2.57. The van der Waals surface area contributed by atoms with Gasteiger partial charge in [-0.3, -0.25) is 14.4 Å². The van der Waals surface area contributed by atoms with Crippen molar-refractivity contribution in [3.63, 3.8) is 0 Å². The summed E-state index contributed by atoms with van der Waals surface area (Å²) >= 11 is 0. The smallest absolute Gasteiger partial charge is 0.320 e. The van der Waals surface area contributed by atoms with Crippen molar-refractivity contribution in [1.29, 1.82) is 0 Å². The van der Waals surface area contributed by atoms with Crippen LogP contribution in [0.2, 0.25) is 0 Å². The van der Waals surface area contributed by atoms with E-state index in [4.69, 9.17) is 14.2 Å². The van der Waals surface area contributed by atoms with Crippen molar-refractivity contribution in [2.45, 2.75) is 77.9 Å². The number of fused-ring (bicyclic) bond motifs is 8. The van der Waals surface area contributed by atoms with Crippen molar-refractivity contribution in [3.05, 3.63) is 11.6 Å². The van der Waals surface area contributed by atoms with Gasteiger partial charge >= 0.3 is 11.9 Å². The molecule has 0 amide bonds. The summed E-state index contributed by atoms with van der Waals surface area (Å²) in [7, 11) is 2.66. The number of epoxide rings is 1. The van der Waals surface area contributed by atoms with Gasteiger partial charge in [0.05, 0.1) is 20.3 Å². The maximum atomic E-state index is 12.3. The molecule has 0 radical (unpaired) electrons. The Morgan fingerprint density at radius 2 is 1.79 bits per heavy atom. The first-order valence-electron chi connectivity index (χ1n) is 12.7. The molecule has 0 aromatic heterocycles. The number of ketones is 1. The Balaban J connectivity index is 1.38. The molecular weight excluding hydrogens is 420 g/mol. The molecular formula is C27H38O6. The Morgan fingerprint density at radius 1 is 1.09 bits per heavy atom. The van der Waals surface area contributed by atoms with E-state index in [0.717, 1.165) is 25.7 Å². The van der Waals surface area contributed by atoms with Crippen LogP contribution in [0.1, 0.15) is 65.7 Å². The van der Waals surface area contributed by atoms with Crippen molar-refractivity contribution >= 4 is 17.7 Å². The summed E-state index contributed by atoms with van der Waals surface area (Å²) in [4.78, 5) is 36.7. The Bertz CT molecular complexity index is 877. The molecule has 0 spiro atoms. The Morgan fingerprint density at radius 3 is 2.45 bits per heavy atom. The zero-order chi connectivity index (χ0) is 23.7. The van der Waals surface area contributed by atoms with Gasteiger partial charge in [-0.1, -0.05) is 20.8 Å². The van der Waals surface area contributed by atoms with Gasteiger partial charge in [-0.25, -0.2) is 0 Å². The SMILES string of the molecule is COC(=O)C(C[C@@H](C)C1CCC2C3C(CC[C@@]21C)[C@@]1(C)CCC(=O)C=C1[C@H]1O[C@@H]31)C(=O)OC. The summed E-state index contributed by atoms with van der Waals surface area (Å²) in [6, 6.07) is 0. The number of carbonyl (C=O) groups is 3. The highest BCUT2D eigenvalue weighted by molar-refractivity contribution is 5.94. The van der Waals surface area contributed by atoms with E-state index in [1.54, 1.807) is 0 Å². The fraction of sp³-hybridized carbons (Fsp3) is 0.815. The van der Waals surface area contributed by atoms with Crippen LogP contribution in [0.25, 0.3) is 0 Å². The molecule has 1 saturated heterocycles. The van der Waals surface area contributed by atoms with Gasteiger partial charge in [0.1, 0.15) is 6.10 Å². The van der Waals surface area contributed by atoms with Crippen LogP contribution in [-0.2, 0) is 28.6 Å². The van der Waals surface area contributed by atoms with Gasteiger partial charge in [-0.15, -0.1) is 0 Å². The maximum absolute atomic E-state index is 12.3. The Hall–Kier alpha value is -1.69. The summed E-state index contributed by atoms with van der Waals surface area (Å²) in [5, 5.41) is 0. The van der Waals surface area contributed by atoms with E-state index >= 15 is 0 Å². The van der Waals surface area contributed by atoms with Gasteiger partial charge in [0.15, 0.2) is 11.7 Å². The first-order chi connectivity index (χ1) is 15.7. The molecule has 0 aromatic rings. The number of hydrogen-bond donors (Lipinski definition) is 0. The fourth-order valence-electron chi connectivity index (χ4n) is 8.89. The summed E-state index contributed by atoms with van der Waals surface area (Å²) < 4.78 is 16.1. The second-order valence-corrected chi connectivity index (χ2v) is 11.8. The van der Waals surface area contributed by atoms with Crippen LogP contribution in [0.15, 0.2) is 11.6 Å². The number of rotatable bonds is 5. The van der Waals surface area contributed by atoms with Gasteiger partial charge < -0.3 is 14.2 Å². The molecule has 5 aliphatic rings. The largest absolute Gasteiger partial charge is 0.468 e. The number of esters is 2. The van der Waals surface area contributed by atoms with Crippen LogP contribution in [0.4, 0.5) is 0 Å². The molecule has 4 fully saturated rings. The molecule has 1 heterocycles. The molecule has 182 valence electrons. The van der Waals surface area contributed by atoms with Crippen LogP contribution >= 0.6 is 0 Å². The van der Waals surface area contributed by atoms with E-state index < -0.39 is 17.9 Å². The third-order valence-corrected chi connectivity index (χ3v) is 10.6. The molecule has 0 N–H and O–H groups in total. The standard InChI is InChI=1S/C27H38O6/c1-14(12-16(24(29)31-4)25(30)32-5)17-6-7-18-21-19(9-11-26(17,18)2)27(3)10-8-15(28)13-20(27)22-23(21)33-22/h13-14,16-19,21-23H,6-12H2,1-5H3/t14-,17?,18?,19?,21?,22-,23+,26-,27-/m1/s1. The monoisotopic (exact) mass is 458 g/mol. The molecule has 4 unspecified atom stereocenters. The average Bonchev–Trinajstić information content (AvgIpc) is 3.51. The van der Waals surface area contributed by atoms with E-state index in [1.165, 1.54) is 26.2 Å². The lowest BCUT2D eigenvalue weighted by Crippen LogP contribution is -2.53. The summed E-state index contributed by atoms with van der Waals surface area (Å²) in [5.74, 6) is 0.777. The molecule has 33 heavy (non-hydrogen) atoms. The molecule has 6 nitrogen and oxygen atoms in total. The number of ether oxygens (including phenoxy) is 3. The Labute approximate surface area is 196 Å². The van der Waals surface area contributed by atoms with Crippen molar-refractivity contribution in [1.82, 2.24) is 0 Å². The quantitative estimate of drug-likeness (QED) is 0.350. The predicted molar refractivity (Wildman–Crippen MR) is 121 cm³/mol. The minimum absolute atomic E-state index is 0.0855. The predicted octanol–water partition coefficient (Wildman–Crippen LogP) is 4.11. The van der Waals surface area contributed by atoms with E-state index in [2.05, 4.69) is 20.8 Å². The van der Waals surface area contributed by atoms with Gasteiger partial charge in [-0.2, -0.15) is 0 Å². The number of hydrogen-bond acceptors (Lipinski definition) is 6. The van der Waals surface area contributed by atoms with Crippen molar-refractivity contribution in [3.8, 4) is 0 Å². The van der Waals surface area contributed by atoms with Crippen LogP contribution < -0.4 is 0 Å². The minimum Gasteiger partial charge on any atom is -0.468 e. The molecule has 9 atom stereocenters. The first kappa shape index (κ1) is 23.1. The van der Waals surface area contributed by atoms with Crippen molar-refractivity contribution in [2.24, 2.45) is 46.3 Å². The highest BCUT2D eigenvalue weighted by atomic mass is 16.6. The molecule has 3 saturated carbocycles. The van der Waals surface area contributed by atoms with E-state index in [1.807, 2.05) is 6.08 Å². The summed E-state index contributed by atoms with van der Waals surface area (Å²) in [6.07, 6.45) is 9.01. The first-order valence-corrected chi connectivity index (χ1v) is 12.7. The molecule has 6 heteroatoms. The third-order valence-electron chi connectivity index (χ3n) is 10.6. The van der Waals surface area contributed by atoms with E-state index in [9.17, 15) is 14.4 Å². The zero-order valence-electron chi connectivity index (χ0n) is 20.6. The van der Waals surface area contributed by atoms with Crippen molar-refractivity contribution in [2.75, 3.05) is 14.2 Å². The minimum atomic E-state index is -0.855. The average molecular weight is 459 g/mol. The number of methoxy groups -OCH3 is 2. The molecule has 1 aliphatic heterocycles. The Kier molecular flexibility index (Phi) is 5.54. The van der Waals surface area contributed by atoms with E-state index in [-0.39, 0.29) is 34.7 Å². The van der Waals surface area contributed by atoms with Crippen LogP contribution in [-0.4, -0.2) is 44.1 Å². The van der Waals surface area contributed by atoms with Crippen LogP contribution in [0.5, 0.6) is 0 Å². The third kappa shape index (κ3) is 3.34.